The van der Waals surface area contributed by atoms with Crippen molar-refractivity contribution >= 4 is 57.3 Å². The number of nitrogens with zero attached hydrogens (tertiary/aromatic N) is 1. The molecule has 1 saturated heterocycles. The molecule has 134 valence electrons. The van der Waals surface area contributed by atoms with Crippen molar-refractivity contribution in [2.75, 3.05) is 18.6 Å². The highest BCUT2D eigenvalue weighted by Crippen LogP contribution is 2.38. The van der Waals surface area contributed by atoms with Gasteiger partial charge in [0.05, 0.1) is 27.9 Å². The van der Waals surface area contributed by atoms with E-state index in [1.165, 1.54) is 4.90 Å². The first-order chi connectivity index (χ1) is 12.5. The first-order valence-electron chi connectivity index (χ1n) is 7.88. The maximum atomic E-state index is 12.7. The molecule has 0 aromatic heterocycles. The van der Waals surface area contributed by atoms with Crippen LogP contribution < -0.4 is 14.4 Å². The van der Waals surface area contributed by atoms with Gasteiger partial charge in [0.15, 0.2) is 11.5 Å². The van der Waals surface area contributed by atoms with Crippen LogP contribution in [0.4, 0.5) is 10.5 Å². The summed E-state index contributed by atoms with van der Waals surface area (Å²) in [4.78, 5) is 26.5. The van der Waals surface area contributed by atoms with Crippen molar-refractivity contribution in [1.29, 1.82) is 0 Å². The molecule has 1 aliphatic heterocycles. The van der Waals surface area contributed by atoms with Gasteiger partial charge in [-0.3, -0.25) is 9.59 Å². The largest absolute Gasteiger partial charge is 0.493 e. The molecule has 0 spiro atoms. The second-order valence-electron chi connectivity index (χ2n) is 5.32. The monoisotopic (exact) mass is 481 g/mol. The molecule has 3 rings (SSSR count). The van der Waals surface area contributed by atoms with Gasteiger partial charge < -0.3 is 9.47 Å². The number of ether oxygens (including phenoxy) is 2. The number of hydrogen-bond acceptors (Lipinski definition) is 5. The Hall–Kier alpha value is -2.00. The summed E-state index contributed by atoms with van der Waals surface area (Å²) in [6.45, 7) is 2.44. The van der Waals surface area contributed by atoms with Gasteiger partial charge in [-0.1, -0.05) is 18.2 Å². The van der Waals surface area contributed by atoms with Gasteiger partial charge in [-0.25, -0.2) is 4.90 Å². The van der Waals surface area contributed by atoms with Gasteiger partial charge in [0.2, 0.25) is 0 Å². The van der Waals surface area contributed by atoms with Crippen molar-refractivity contribution in [1.82, 2.24) is 0 Å². The number of rotatable bonds is 5. The zero-order chi connectivity index (χ0) is 18.7. The lowest BCUT2D eigenvalue weighted by molar-refractivity contribution is -0.113. The molecule has 5 nitrogen and oxygen atoms in total. The number of anilines is 1. The van der Waals surface area contributed by atoms with Crippen molar-refractivity contribution in [3.8, 4) is 11.5 Å². The molecule has 0 N–H and O–H groups in total. The number of halogens is 1. The smallest absolute Gasteiger partial charge is 0.298 e. The first kappa shape index (κ1) is 18.8. The predicted molar refractivity (Wildman–Crippen MR) is 112 cm³/mol. The number of imide groups is 1. The van der Waals surface area contributed by atoms with E-state index in [2.05, 4.69) is 22.6 Å². The highest BCUT2D eigenvalue weighted by atomic mass is 127. The van der Waals surface area contributed by atoms with E-state index in [1.807, 2.05) is 19.1 Å². The molecule has 2 aromatic rings. The van der Waals surface area contributed by atoms with Crippen LogP contribution in [0.2, 0.25) is 0 Å². The van der Waals surface area contributed by atoms with Gasteiger partial charge in [0.1, 0.15) is 0 Å². The van der Waals surface area contributed by atoms with E-state index in [-0.39, 0.29) is 11.1 Å². The van der Waals surface area contributed by atoms with Crippen molar-refractivity contribution in [3.63, 3.8) is 0 Å². The molecule has 2 amide bonds. The van der Waals surface area contributed by atoms with Crippen molar-refractivity contribution in [3.05, 3.63) is 56.5 Å². The molecular formula is C19H16INO4S. The maximum Gasteiger partial charge on any atom is 0.298 e. The first-order valence-corrected chi connectivity index (χ1v) is 9.78. The summed E-state index contributed by atoms with van der Waals surface area (Å²) in [5.41, 5.74) is 1.34. The lowest BCUT2D eigenvalue weighted by Crippen LogP contribution is -2.27. The zero-order valence-electron chi connectivity index (χ0n) is 14.2. The standard InChI is InChI=1S/C19H16INO4S/c1-3-25-17-14(20)9-12(10-15(17)24-2)11-16-18(22)21(19(23)26-16)13-7-5-4-6-8-13/h4-11H,3H2,1-2H3. The van der Waals surface area contributed by atoms with Crippen molar-refractivity contribution in [2.45, 2.75) is 6.92 Å². The fraction of sp³-hybridized carbons (Fsp3) is 0.158. The van der Waals surface area contributed by atoms with Crippen LogP contribution in [-0.2, 0) is 4.79 Å². The minimum atomic E-state index is -0.325. The number of amides is 2. The second-order valence-corrected chi connectivity index (χ2v) is 7.48. The summed E-state index contributed by atoms with van der Waals surface area (Å²) in [6, 6.07) is 12.6. The Labute approximate surface area is 169 Å². The lowest BCUT2D eigenvalue weighted by atomic mass is 10.1. The van der Waals surface area contributed by atoms with Crippen LogP contribution in [0.3, 0.4) is 0 Å². The van der Waals surface area contributed by atoms with Gasteiger partial charge in [-0.2, -0.15) is 0 Å². The Morgan fingerprint density at radius 2 is 1.92 bits per heavy atom. The van der Waals surface area contributed by atoms with Crippen molar-refractivity contribution < 1.29 is 19.1 Å². The van der Waals surface area contributed by atoms with Crippen LogP contribution in [0.15, 0.2) is 47.4 Å². The van der Waals surface area contributed by atoms with Crippen molar-refractivity contribution in [2.24, 2.45) is 0 Å². The molecule has 0 atom stereocenters. The average molecular weight is 481 g/mol. The van der Waals surface area contributed by atoms with Gasteiger partial charge in [-0.05, 0) is 77.2 Å². The number of carbonyl (C=O) groups is 2. The topological polar surface area (TPSA) is 55.8 Å². The highest BCUT2D eigenvalue weighted by molar-refractivity contribution is 14.1. The molecule has 1 heterocycles. The average Bonchev–Trinajstić information content (AvgIpc) is 2.91. The van der Waals surface area contributed by atoms with Gasteiger partial charge in [-0.15, -0.1) is 0 Å². The number of para-hydroxylation sites is 1. The third-order valence-corrected chi connectivity index (χ3v) is 5.32. The molecule has 0 saturated carbocycles. The Balaban J connectivity index is 1.95. The molecule has 1 fully saturated rings. The fourth-order valence-corrected chi connectivity index (χ4v) is 4.15. The van der Waals surface area contributed by atoms with E-state index in [9.17, 15) is 9.59 Å². The lowest BCUT2D eigenvalue weighted by Gasteiger charge is -2.13. The number of methoxy groups -OCH3 is 1. The molecule has 0 aliphatic carbocycles. The minimum Gasteiger partial charge on any atom is -0.493 e. The van der Waals surface area contributed by atoms with E-state index in [1.54, 1.807) is 43.5 Å². The Morgan fingerprint density at radius 1 is 1.19 bits per heavy atom. The summed E-state index contributed by atoms with van der Waals surface area (Å²) in [5, 5.41) is -0.306. The third kappa shape index (κ3) is 3.73. The van der Waals surface area contributed by atoms with E-state index in [4.69, 9.17) is 9.47 Å². The molecule has 0 radical (unpaired) electrons. The van der Waals surface area contributed by atoms with E-state index in [0.717, 1.165) is 20.9 Å². The Morgan fingerprint density at radius 3 is 2.58 bits per heavy atom. The van der Waals surface area contributed by atoms with Crippen LogP contribution in [0, 0.1) is 3.57 Å². The third-order valence-electron chi connectivity index (χ3n) is 3.65. The van der Waals surface area contributed by atoms with Crippen LogP contribution in [0.1, 0.15) is 12.5 Å². The molecular weight excluding hydrogens is 465 g/mol. The fourth-order valence-electron chi connectivity index (χ4n) is 2.53. The summed E-state index contributed by atoms with van der Waals surface area (Å²) in [7, 11) is 1.57. The molecule has 1 aliphatic rings. The number of carbonyl (C=O) groups excluding carboxylic acids is 2. The summed E-state index contributed by atoms with van der Waals surface area (Å²) < 4.78 is 11.9. The SMILES string of the molecule is CCOc1c(I)cc(C=C2SC(=O)N(c3ccccc3)C2=O)cc1OC. The number of hydrogen-bond donors (Lipinski definition) is 0. The molecule has 0 bridgehead atoms. The van der Waals surface area contributed by atoms with Crippen LogP contribution >= 0.6 is 34.4 Å². The Kier molecular flexibility index (Phi) is 5.87. The van der Waals surface area contributed by atoms with Gasteiger partial charge >= 0.3 is 0 Å². The molecule has 26 heavy (non-hydrogen) atoms. The van der Waals surface area contributed by atoms with E-state index in [0.29, 0.717) is 28.7 Å². The van der Waals surface area contributed by atoms with Gasteiger partial charge in [0.25, 0.3) is 11.1 Å². The molecule has 7 heteroatoms. The van der Waals surface area contributed by atoms with Crippen LogP contribution in [0.5, 0.6) is 11.5 Å². The quantitative estimate of drug-likeness (QED) is 0.448. The molecule has 0 unspecified atom stereocenters. The van der Waals surface area contributed by atoms with Gasteiger partial charge in [0, 0.05) is 0 Å². The second kappa shape index (κ2) is 8.13. The minimum absolute atomic E-state index is 0.306. The summed E-state index contributed by atoms with van der Waals surface area (Å²) in [5.74, 6) is 0.937. The predicted octanol–water partition coefficient (Wildman–Crippen LogP) is 4.94. The molecule has 2 aromatic carbocycles. The normalized spacial score (nSPS) is 15.7. The number of thioether (sulfide) groups is 1. The maximum absolute atomic E-state index is 12.7. The van der Waals surface area contributed by atoms with Crippen LogP contribution in [-0.4, -0.2) is 24.9 Å². The van der Waals surface area contributed by atoms with Crippen LogP contribution in [0.25, 0.3) is 6.08 Å². The zero-order valence-corrected chi connectivity index (χ0v) is 17.2. The summed E-state index contributed by atoms with van der Waals surface area (Å²) in [6.07, 6.45) is 1.70. The summed E-state index contributed by atoms with van der Waals surface area (Å²) >= 11 is 3.09. The highest BCUT2D eigenvalue weighted by Gasteiger charge is 2.36. The number of benzene rings is 2. The van der Waals surface area contributed by atoms with E-state index >= 15 is 0 Å². The van der Waals surface area contributed by atoms with E-state index < -0.39 is 0 Å². The Bertz CT molecular complexity index is 883.